The molecule has 2 aliphatic rings. The van der Waals surface area contributed by atoms with Crippen LogP contribution in [0.3, 0.4) is 0 Å². The maximum atomic E-state index is 13.1. The van der Waals surface area contributed by atoms with E-state index in [4.69, 9.17) is 0 Å². The van der Waals surface area contributed by atoms with E-state index in [1.165, 1.54) is 11.8 Å². The lowest BCUT2D eigenvalue weighted by Crippen LogP contribution is -2.57. The minimum atomic E-state index is -3.39. The van der Waals surface area contributed by atoms with E-state index in [2.05, 4.69) is 56.6 Å². The quantitative estimate of drug-likeness (QED) is 0.510. The topological polar surface area (TPSA) is 61.4 Å². The van der Waals surface area contributed by atoms with Crippen LogP contribution in [0.1, 0.15) is 12.5 Å². The lowest BCUT2D eigenvalue weighted by molar-refractivity contribution is 0.295. The molecule has 3 unspecified atom stereocenters. The number of sulfone groups is 1. The first-order chi connectivity index (χ1) is 15.8. The third-order valence-electron chi connectivity index (χ3n) is 6.62. The van der Waals surface area contributed by atoms with Crippen molar-refractivity contribution in [1.82, 2.24) is 10.2 Å². The first kappa shape index (κ1) is 26.8. The van der Waals surface area contributed by atoms with Crippen molar-refractivity contribution in [2.45, 2.75) is 24.1 Å². The highest BCUT2D eigenvalue weighted by molar-refractivity contribution is 9.10. The van der Waals surface area contributed by atoms with Gasteiger partial charge in [0.25, 0.3) is 0 Å². The second-order valence-corrected chi connectivity index (χ2v) is 12.2. The molecule has 2 N–H and O–H groups in total. The summed E-state index contributed by atoms with van der Waals surface area (Å²) in [5.74, 6) is -0.00500. The smallest absolute Gasteiger partial charge is 0.156 e. The molecular formula is C26H33BrClN3O2S. The Labute approximate surface area is 218 Å². The average molecular weight is 567 g/mol. The molecule has 1 saturated heterocycles. The van der Waals surface area contributed by atoms with Gasteiger partial charge in [-0.25, -0.2) is 8.42 Å². The number of rotatable bonds is 7. The van der Waals surface area contributed by atoms with Gasteiger partial charge < -0.3 is 15.5 Å². The number of anilines is 1. The maximum Gasteiger partial charge on any atom is 0.156 e. The summed E-state index contributed by atoms with van der Waals surface area (Å²) in [5.41, 5.74) is 2.37. The number of para-hydroxylation sites is 1. The van der Waals surface area contributed by atoms with Gasteiger partial charge in [0.2, 0.25) is 0 Å². The van der Waals surface area contributed by atoms with Gasteiger partial charge in [0, 0.05) is 48.3 Å². The van der Waals surface area contributed by atoms with Crippen LogP contribution < -0.4 is 10.6 Å². The SMILES string of the molecule is CC(Cc1cccc(Br)c1)C1(Nc2ccccc2)C=C(N2CCNCC2)C=CC1S(C)(=O)=O.Cl. The Morgan fingerprint density at radius 3 is 2.50 bits per heavy atom. The number of hydrogen-bond acceptors (Lipinski definition) is 5. The fraction of sp³-hybridized carbons (Fsp3) is 0.385. The first-order valence-electron chi connectivity index (χ1n) is 11.4. The van der Waals surface area contributed by atoms with Gasteiger partial charge in [-0.15, -0.1) is 12.4 Å². The molecule has 3 atom stereocenters. The molecule has 8 heteroatoms. The monoisotopic (exact) mass is 565 g/mol. The Bertz CT molecular complexity index is 1130. The van der Waals surface area contributed by atoms with E-state index in [-0.39, 0.29) is 18.3 Å². The molecule has 0 radical (unpaired) electrons. The average Bonchev–Trinajstić information content (AvgIpc) is 2.79. The van der Waals surface area contributed by atoms with E-state index in [1.807, 2.05) is 54.6 Å². The van der Waals surface area contributed by atoms with Gasteiger partial charge >= 0.3 is 0 Å². The van der Waals surface area contributed by atoms with E-state index < -0.39 is 20.6 Å². The molecule has 2 aromatic carbocycles. The summed E-state index contributed by atoms with van der Waals surface area (Å²) in [6.07, 6.45) is 8.15. The van der Waals surface area contributed by atoms with Crippen molar-refractivity contribution in [3.05, 3.63) is 88.6 Å². The predicted molar refractivity (Wildman–Crippen MR) is 147 cm³/mol. The Kier molecular flexibility index (Phi) is 8.90. The van der Waals surface area contributed by atoms with Gasteiger partial charge in [-0.3, -0.25) is 0 Å². The molecule has 0 aromatic heterocycles. The predicted octanol–water partition coefficient (Wildman–Crippen LogP) is 4.67. The van der Waals surface area contributed by atoms with Crippen LogP contribution in [0.5, 0.6) is 0 Å². The van der Waals surface area contributed by atoms with Crippen LogP contribution in [0.25, 0.3) is 0 Å². The Morgan fingerprint density at radius 1 is 1.15 bits per heavy atom. The lowest BCUT2D eigenvalue weighted by atomic mass is 9.75. The van der Waals surface area contributed by atoms with Gasteiger partial charge in [0.15, 0.2) is 9.84 Å². The fourth-order valence-electron chi connectivity index (χ4n) is 4.95. The van der Waals surface area contributed by atoms with Crippen LogP contribution in [0.2, 0.25) is 0 Å². The Hall–Kier alpha value is -1.80. The molecule has 2 aromatic rings. The number of hydrogen-bond donors (Lipinski definition) is 2. The van der Waals surface area contributed by atoms with Gasteiger partial charge in [-0.2, -0.15) is 0 Å². The summed E-state index contributed by atoms with van der Waals surface area (Å²) >= 11 is 3.57. The largest absolute Gasteiger partial charge is 0.374 e. The molecule has 0 spiro atoms. The fourth-order valence-corrected chi connectivity index (χ4v) is 6.83. The van der Waals surface area contributed by atoms with Crippen LogP contribution in [0.15, 0.2) is 83.0 Å². The highest BCUT2D eigenvalue weighted by Crippen LogP contribution is 2.39. The number of allylic oxidation sites excluding steroid dienone is 1. The summed E-state index contributed by atoms with van der Waals surface area (Å²) in [7, 11) is -3.39. The number of benzene rings is 2. The second kappa shape index (κ2) is 11.3. The molecule has 1 fully saturated rings. The summed E-state index contributed by atoms with van der Waals surface area (Å²) in [4.78, 5) is 2.35. The zero-order valence-corrected chi connectivity index (χ0v) is 22.8. The lowest BCUT2D eigenvalue weighted by Gasteiger charge is -2.46. The van der Waals surface area contributed by atoms with Crippen molar-refractivity contribution in [3.8, 4) is 0 Å². The normalized spacial score (nSPS) is 23.6. The first-order valence-corrected chi connectivity index (χ1v) is 14.2. The molecule has 1 heterocycles. The standard InChI is InChI=1S/C26H32BrN3O2S.ClH/c1-20(17-21-7-6-8-22(27)18-21)26(29-23-9-4-3-5-10-23)19-24(30-15-13-28-14-16-30)11-12-25(26)33(2,31)32;/h3-12,18-20,25,28-29H,13-17H2,1-2H3;1H. The van der Waals surface area contributed by atoms with Crippen LogP contribution >= 0.6 is 28.3 Å². The third kappa shape index (κ3) is 6.06. The van der Waals surface area contributed by atoms with Crippen molar-refractivity contribution in [2.75, 3.05) is 37.8 Å². The van der Waals surface area contributed by atoms with Crippen LogP contribution in [0, 0.1) is 5.92 Å². The molecule has 0 bridgehead atoms. The molecule has 0 saturated carbocycles. The van der Waals surface area contributed by atoms with Crippen LogP contribution in [-0.4, -0.2) is 56.5 Å². The number of piperazine rings is 1. The summed E-state index contributed by atoms with van der Waals surface area (Å²) < 4.78 is 27.3. The molecule has 1 aliphatic heterocycles. The summed E-state index contributed by atoms with van der Waals surface area (Å²) in [5, 5.41) is 6.41. The van der Waals surface area contributed by atoms with Crippen molar-refractivity contribution in [1.29, 1.82) is 0 Å². The highest BCUT2D eigenvalue weighted by Gasteiger charge is 2.48. The zero-order chi connectivity index (χ0) is 23.5. The van der Waals surface area contributed by atoms with E-state index in [1.54, 1.807) is 0 Å². The van der Waals surface area contributed by atoms with E-state index in [0.29, 0.717) is 0 Å². The number of nitrogens with zero attached hydrogens (tertiary/aromatic N) is 1. The van der Waals surface area contributed by atoms with Crippen molar-refractivity contribution in [2.24, 2.45) is 5.92 Å². The molecule has 0 amide bonds. The molecule has 1 aliphatic carbocycles. The van der Waals surface area contributed by atoms with Crippen molar-refractivity contribution >= 4 is 43.9 Å². The van der Waals surface area contributed by atoms with Crippen molar-refractivity contribution < 1.29 is 8.42 Å². The minimum absolute atomic E-state index is 0. The van der Waals surface area contributed by atoms with Crippen LogP contribution in [0.4, 0.5) is 5.69 Å². The summed E-state index contributed by atoms with van der Waals surface area (Å²) in [6.45, 7) is 5.81. The number of nitrogens with one attached hydrogen (secondary N) is 2. The zero-order valence-electron chi connectivity index (χ0n) is 19.6. The molecule has 5 nitrogen and oxygen atoms in total. The van der Waals surface area contributed by atoms with Crippen molar-refractivity contribution in [3.63, 3.8) is 0 Å². The summed E-state index contributed by atoms with van der Waals surface area (Å²) in [6, 6.07) is 18.2. The maximum absolute atomic E-state index is 13.1. The van der Waals surface area contributed by atoms with Gasteiger partial charge in [0.1, 0.15) is 5.25 Å². The molecule has 34 heavy (non-hydrogen) atoms. The van der Waals surface area contributed by atoms with Gasteiger partial charge in [-0.05, 0) is 54.3 Å². The third-order valence-corrected chi connectivity index (χ3v) is 8.59. The van der Waals surface area contributed by atoms with Gasteiger partial charge in [0.05, 0.1) is 5.54 Å². The van der Waals surface area contributed by atoms with Crippen LogP contribution in [-0.2, 0) is 16.3 Å². The Morgan fingerprint density at radius 2 is 1.85 bits per heavy atom. The minimum Gasteiger partial charge on any atom is -0.374 e. The second-order valence-electron chi connectivity index (χ2n) is 9.07. The van der Waals surface area contributed by atoms with E-state index in [0.717, 1.165) is 48.5 Å². The van der Waals surface area contributed by atoms with E-state index >= 15 is 0 Å². The molecule has 184 valence electrons. The molecular weight excluding hydrogens is 534 g/mol. The number of halogens is 2. The highest BCUT2D eigenvalue weighted by atomic mass is 79.9. The molecule has 4 rings (SSSR count). The Balaban J connectivity index is 0.00000324. The van der Waals surface area contributed by atoms with E-state index in [9.17, 15) is 8.42 Å². The van der Waals surface area contributed by atoms with Gasteiger partial charge in [-0.1, -0.05) is 59.3 Å².